The van der Waals surface area contributed by atoms with Crippen molar-refractivity contribution in [2.75, 3.05) is 0 Å². The summed E-state index contributed by atoms with van der Waals surface area (Å²) in [6.45, 7) is 9.07. The lowest BCUT2D eigenvalue weighted by Gasteiger charge is -2.24. The molecule has 0 aliphatic rings. The molecule has 0 aromatic heterocycles. The highest BCUT2D eigenvalue weighted by Crippen LogP contribution is 2.52. The summed E-state index contributed by atoms with van der Waals surface area (Å²) in [5.74, 6) is 0. The lowest BCUT2D eigenvalue weighted by atomic mass is 9.79. The van der Waals surface area contributed by atoms with E-state index in [1.54, 1.807) is 0 Å². The first-order valence-electron chi connectivity index (χ1n) is 20.6. The molecule has 14 aromatic carbocycles. The number of benzene rings is 14. The zero-order chi connectivity index (χ0) is 38.3. The van der Waals surface area contributed by atoms with Crippen LogP contribution in [0.3, 0.4) is 0 Å². The predicted molar refractivity (Wildman–Crippen MR) is 254 cm³/mol. The second-order valence-corrected chi connectivity index (χ2v) is 17.5. The molecule has 0 nitrogen and oxygen atoms in total. The first kappa shape index (κ1) is 31.1. The minimum atomic E-state index is 1.28. The van der Waals surface area contributed by atoms with Crippen molar-refractivity contribution < 1.29 is 0 Å². The van der Waals surface area contributed by atoms with Gasteiger partial charge in [-0.3, -0.25) is 0 Å². The highest BCUT2D eigenvalue weighted by molar-refractivity contribution is 6.46. The number of fused-ring (bicyclic) bond motifs is 9. The molecule has 0 radical (unpaired) electrons. The van der Waals surface area contributed by atoms with E-state index in [1.165, 1.54) is 163 Å². The van der Waals surface area contributed by atoms with E-state index in [4.69, 9.17) is 0 Å². The first-order valence-corrected chi connectivity index (χ1v) is 20.6. The second kappa shape index (κ2) is 10.5. The van der Waals surface area contributed by atoms with E-state index < -0.39 is 0 Å². The third kappa shape index (κ3) is 3.81. The smallest absolute Gasteiger partial charge is 0.000752 e. The molecule has 0 heteroatoms. The van der Waals surface area contributed by atoms with Gasteiger partial charge in [0, 0.05) is 0 Å². The minimum Gasteiger partial charge on any atom is -0.0616 e. The Morgan fingerprint density at radius 3 is 1.22 bits per heavy atom. The molecular formula is C58H36. The summed E-state index contributed by atoms with van der Waals surface area (Å²) in [4.78, 5) is 0. The number of aryl methyl sites for hydroxylation is 4. The van der Waals surface area contributed by atoms with Crippen LogP contribution in [0.1, 0.15) is 22.3 Å². The normalized spacial score (nSPS) is 12.8. The van der Waals surface area contributed by atoms with Gasteiger partial charge in [0.2, 0.25) is 0 Å². The molecule has 0 saturated carbocycles. The maximum atomic E-state index is 2.50. The van der Waals surface area contributed by atoms with E-state index in [1.807, 2.05) is 0 Å². The summed E-state index contributed by atoms with van der Waals surface area (Å²) >= 11 is 0. The standard InChI is InChI=1S/C58H36/c1-29-9-10-35-23-49-50(26-39(35)17-29)47-21-33-7-5-6-8-34(33)22-48(47)51-27-40-20-32(4)45(25-41(40)28-52(49)51)46-24-38-13-14-42-30(2)18-36-11-12-37-19-31(3)43-15-16-44(46)58-55(38)56(42)53(36)54(37)57(43)58/h5-28H,1-4H3. The van der Waals surface area contributed by atoms with Gasteiger partial charge in [-0.15, -0.1) is 0 Å². The quantitative estimate of drug-likeness (QED) is 0.116. The van der Waals surface area contributed by atoms with Gasteiger partial charge in [0.25, 0.3) is 0 Å². The maximum absolute atomic E-state index is 2.50. The lowest BCUT2D eigenvalue weighted by Crippen LogP contribution is -1.96. The Hall–Kier alpha value is -7.02. The van der Waals surface area contributed by atoms with Gasteiger partial charge in [-0.05, 0) is 233 Å². The molecule has 0 bridgehead atoms. The largest absolute Gasteiger partial charge is 0.0616 e. The van der Waals surface area contributed by atoms with Crippen LogP contribution in [0.15, 0.2) is 146 Å². The van der Waals surface area contributed by atoms with E-state index in [0.29, 0.717) is 0 Å². The van der Waals surface area contributed by atoms with Gasteiger partial charge in [-0.2, -0.15) is 0 Å². The number of hydrogen-bond donors (Lipinski definition) is 0. The summed E-state index contributed by atoms with van der Waals surface area (Å²) in [6, 6.07) is 56.8. The molecule has 0 fully saturated rings. The Labute approximate surface area is 334 Å². The van der Waals surface area contributed by atoms with Crippen LogP contribution in [0, 0.1) is 27.7 Å². The Bertz CT molecular complexity index is 4160. The molecule has 0 unspecified atom stereocenters. The molecule has 0 spiro atoms. The van der Waals surface area contributed by atoms with Crippen molar-refractivity contribution in [3.8, 4) is 11.1 Å². The Kier molecular flexibility index (Phi) is 5.62. The summed E-state index contributed by atoms with van der Waals surface area (Å²) in [7, 11) is 0. The van der Waals surface area contributed by atoms with Crippen LogP contribution in [-0.2, 0) is 0 Å². The summed E-state index contributed by atoms with van der Waals surface area (Å²) < 4.78 is 0. The van der Waals surface area contributed by atoms with Gasteiger partial charge >= 0.3 is 0 Å². The topological polar surface area (TPSA) is 0 Å². The molecule has 268 valence electrons. The Morgan fingerprint density at radius 2 is 0.603 bits per heavy atom. The molecule has 0 aliphatic heterocycles. The molecular weight excluding hydrogens is 697 g/mol. The third-order valence-corrected chi connectivity index (χ3v) is 14.1. The molecule has 0 atom stereocenters. The van der Waals surface area contributed by atoms with Crippen LogP contribution in [0.5, 0.6) is 0 Å². The monoisotopic (exact) mass is 732 g/mol. The fraction of sp³-hybridized carbons (Fsp3) is 0.0690. The van der Waals surface area contributed by atoms with Crippen LogP contribution in [0.25, 0.3) is 140 Å². The van der Waals surface area contributed by atoms with Crippen LogP contribution in [-0.4, -0.2) is 0 Å². The zero-order valence-electron chi connectivity index (χ0n) is 32.9. The van der Waals surface area contributed by atoms with Crippen molar-refractivity contribution in [3.63, 3.8) is 0 Å². The van der Waals surface area contributed by atoms with Crippen molar-refractivity contribution in [2.24, 2.45) is 0 Å². The van der Waals surface area contributed by atoms with E-state index in [0.717, 1.165) is 0 Å². The van der Waals surface area contributed by atoms with Crippen molar-refractivity contribution in [2.45, 2.75) is 27.7 Å². The van der Waals surface area contributed by atoms with Gasteiger partial charge in [0.15, 0.2) is 0 Å². The fourth-order valence-electron chi connectivity index (χ4n) is 11.5. The van der Waals surface area contributed by atoms with Gasteiger partial charge in [0.1, 0.15) is 0 Å². The predicted octanol–water partition coefficient (Wildman–Crippen LogP) is 16.7. The van der Waals surface area contributed by atoms with Crippen molar-refractivity contribution >= 4 is 129 Å². The van der Waals surface area contributed by atoms with E-state index in [-0.39, 0.29) is 0 Å². The van der Waals surface area contributed by atoms with Gasteiger partial charge in [0.05, 0.1) is 0 Å². The molecule has 0 heterocycles. The Morgan fingerprint density at radius 1 is 0.224 bits per heavy atom. The average Bonchev–Trinajstić information content (AvgIpc) is 3.23. The zero-order valence-corrected chi connectivity index (χ0v) is 32.9. The maximum Gasteiger partial charge on any atom is -0.000752 e. The summed E-state index contributed by atoms with van der Waals surface area (Å²) in [5, 5.41) is 32.2. The molecule has 58 heavy (non-hydrogen) atoms. The van der Waals surface area contributed by atoms with E-state index >= 15 is 0 Å². The van der Waals surface area contributed by atoms with Crippen molar-refractivity contribution in [1.82, 2.24) is 0 Å². The molecule has 0 aliphatic carbocycles. The fourth-order valence-corrected chi connectivity index (χ4v) is 11.5. The molecule has 0 amide bonds. The second-order valence-electron chi connectivity index (χ2n) is 17.5. The number of rotatable bonds is 1. The van der Waals surface area contributed by atoms with Gasteiger partial charge in [-0.1, -0.05) is 103 Å². The summed E-state index contributed by atoms with van der Waals surface area (Å²) in [5.41, 5.74) is 7.90. The van der Waals surface area contributed by atoms with Crippen LogP contribution in [0.4, 0.5) is 0 Å². The molecule has 14 rings (SSSR count). The van der Waals surface area contributed by atoms with E-state index in [9.17, 15) is 0 Å². The van der Waals surface area contributed by atoms with Crippen LogP contribution >= 0.6 is 0 Å². The van der Waals surface area contributed by atoms with Crippen molar-refractivity contribution in [3.05, 3.63) is 168 Å². The van der Waals surface area contributed by atoms with E-state index in [2.05, 4.69) is 173 Å². The van der Waals surface area contributed by atoms with Gasteiger partial charge in [-0.25, -0.2) is 0 Å². The number of hydrogen-bond acceptors (Lipinski definition) is 0. The summed E-state index contributed by atoms with van der Waals surface area (Å²) in [6.07, 6.45) is 0. The lowest BCUT2D eigenvalue weighted by molar-refractivity contribution is 1.50. The average molecular weight is 733 g/mol. The molecule has 0 N–H and O–H groups in total. The molecule has 0 saturated heterocycles. The highest BCUT2D eigenvalue weighted by Gasteiger charge is 2.24. The molecule has 14 aromatic rings. The minimum absolute atomic E-state index is 1.28. The SMILES string of the molecule is Cc1ccc2cc3c(cc2c1)c1cc2ccccc2cc1c1cc2cc(C)c(-c4cc5ccc6c(C)cc7ccc8cc(C)c9ccc4c4c5c6c7c8c94)cc2cc31. The third-order valence-electron chi connectivity index (χ3n) is 14.1. The highest BCUT2D eigenvalue weighted by atomic mass is 14.3. The Balaban J connectivity index is 1.12. The van der Waals surface area contributed by atoms with Gasteiger partial charge < -0.3 is 0 Å². The van der Waals surface area contributed by atoms with Crippen molar-refractivity contribution in [1.29, 1.82) is 0 Å². The van der Waals surface area contributed by atoms with Crippen LogP contribution in [0.2, 0.25) is 0 Å². The first-order chi connectivity index (χ1) is 28.4. The van der Waals surface area contributed by atoms with Crippen LogP contribution < -0.4 is 0 Å².